The number of aromatic hydroxyl groups is 1. The summed E-state index contributed by atoms with van der Waals surface area (Å²) in [4.78, 5) is 11.9. The van der Waals surface area contributed by atoms with Crippen LogP contribution < -0.4 is 5.32 Å². The molecule has 0 radical (unpaired) electrons. The number of carbonyl (C=O) groups is 1. The van der Waals surface area contributed by atoms with E-state index in [1.54, 1.807) is 24.3 Å². The van der Waals surface area contributed by atoms with Gasteiger partial charge in [-0.2, -0.15) is 0 Å². The first-order valence-corrected chi connectivity index (χ1v) is 11.5. The van der Waals surface area contributed by atoms with Crippen LogP contribution in [0.3, 0.4) is 0 Å². The van der Waals surface area contributed by atoms with Gasteiger partial charge in [0.2, 0.25) is 0 Å². The Hall–Kier alpha value is -1.77. The summed E-state index contributed by atoms with van der Waals surface area (Å²) in [6.45, 7) is 2.99. The van der Waals surface area contributed by atoms with Crippen LogP contribution in [0.15, 0.2) is 36.4 Å². The highest BCUT2D eigenvalue weighted by atomic mass is 16.3. The fraction of sp³-hybridized carbons (Fsp3) is 0.640. The Labute approximate surface area is 172 Å². The average molecular weight is 388 g/mol. The molecule has 0 spiro atoms. The minimum Gasteiger partial charge on any atom is -0.508 e. The molecule has 0 aromatic heterocycles. The van der Waals surface area contributed by atoms with E-state index in [-0.39, 0.29) is 11.7 Å². The van der Waals surface area contributed by atoms with Crippen LogP contribution in [-0.2, 0) is 0 Å². The molecular weight excluding hydrogens is 346 g/mol. The lowest BCUT2D eigenvalue weighted by molar-refractivity contribution is 0.0953. The van der Waals surface area contributed by atoms with Crippen molar-refractivity contribution in [1.29, 1.82) is 0 Å². The van der Waals surface area contributed by atoms with Gasteiger partial charge in [-0.15, -0.1) is 0 Å². The van der Waals surface area contributed by atoms with Crippen LogP contribution in [-0.4, -0.2) is 17.6 Å². The lowest BCUT2D eigenvalue weighted by atomic mass is 10.1. The number of benzene rings is 1. The van der Waals surface area contributed by atoms with Gasteiger partial charge in [0.15, 0.2) is 0 Å². The molecule has 1 aromatic carbocycles. The summed E-state index contributed by atoms with van der Waals surface area (Å²) in [6, 6.07) is 6.37. The average Bonchev–Trinajstić information content (AvgIpc) is 2.70. The van der Waals surface area contributed by atoms with Gasteiger partial charge < -0.3 is 10.4 Å². The molecule has 0 atom stereocenters. The van der Waals surface area contributed by atoms with Crippen LogP contribution in [0, 0.1) is 0 Å². The molecule has 0 aliphatic carbocycles. The van der Waals surface area contributed by atoms with Gasteiger partial charge in [0.05, 0.1) is 0 Å². The SMILES string of the molecule is CCCCCCCCC=CCCCCCCCCNC(=O)c1ccc(O)cc1. The maximum Gasteiger partial charge on any atom is 0.251 e. The molecule has 0 heterocycles. The number of allylic oxidation sites excluding steroid dienone is 2. The Morgan fingerprint density at radius 3 is 1.86 bits per heavy atom. The molecule has 0 fully saturated rings. The number of hydrogen-bond donors (Lipinski definition) is 2. The van der Waals surface area contributed by atoms with Gasteiger partial charge in [0.1, 0.15) is 5.75 Å². The van der Waals surface area contributed by atoms with Gasteiger partial charge in [-0.05, 0) is 56.4 Å². The second-order valence-corrected chi connectivity index (χ2v) is 7.74. The monoisotopic (exact) mass is 387 g/mol. The highest BCUT2D eigenvalue weighted by molar-refractivity contribution is 5.94. The van der Waals surface area contributed by atoms with Gasteiger partial charge in [0, 0.05) is 12.1 Å². The number of nitrogens with one attached hydrogen (secondary N) is 1. The fourth-order valence-electron chi connectivity index (χ4n) is 3.29. The van der Waals surface area contributed by atoms with Crippen molar-refractivity contribution in [3.63, 3.8) is 0 Å². The first-order chi connectivity index (χ1) is 13.7. The summed E-state index contributed by atoms with van der Waals surface area (Å²) in [7, 11) is 0. The third kappa shape index (κ3) is 13.4. The van der Waals surface area contributed by atoms with E-state index in [1.165, 1.54) is 83.5 Å². The number of amides is 1. The van der Waals surface area contributed by atoms with E-state index in [2.05, 4.69) is 24.4 Å². The van der Waals surface area contributed by atoms with Crippen molar-refractivity contribution in [3.05, 3.63) is 42.0 Å². The molecule has 1 aromatic rings. The van der Waals surface area contributed by atoms with Crippen LogP contribution >= 0.6 is 0 Å². The molecule has 1 rings (SSSR count). The molecule has 0 unspecified atom stereocenters. The van der Waals surface area contributed by atoms with E-state index in [4.69, 9.17) is 0 Å². The minimum absolute atomic E-state index is 0.0623. The maximum absolute atomic E-state index is 11.9. The van der Waals surface area contributed by atoms with Gasteiger partial charge in [0.25, 0.3) is 5.91 Å². The first-order valence-electron chi connectivity index (χ1n) is 11.5. The number of carbonyl (C=O) groups excluding carboxylic acids is 1. The highest BCUT2D eigenvalue weighted by Crippen LogP contribution is 2.11. The summed E-state index contributed by atoms with van der Waals surface area (Å²) in [5.74, 6) is 0.123. The third-order valence-electron chi connectivity index (χ3n) is 5.10. The van der Waals surface area contributed by atoms with Gasteiger partial charge >= 0.3 is 0 Å². The summed E-state index contributed by atoms with van der Waals surface area (Å²) >= 11 is 0. The predicted octanol–water partition coefficient (Wildman–Crippen LogP) is 7.16. The number of hydrogen-bond acceptors (Lipinski definition) is 2. The molecular formula is C25H41NO2. The zero-order valence-electron chi connectivity index (χ0n) is 17.9. The fourth-order valence-corrected chi connectivity index (χ4v) is 3.29. The second-order valence-electron chi connectivity index (χ2n) is 7.74. The van der Waals surface area contributed by atoms with Crippen LogP contribution in [0.2, 0.25) is 0 Å². The quantitative estimate of drug-likeness (QED) is 0.220. The molecule has 0 saturated heterocycles. The lowest BCUT2D eigenvalue weighted by Crippen LogP contribution is -2.24. The highest BCUT2D eigenvalue weighted by Gasteiger charge is 2.03. The van der Waals surface area contributed by atoms with E-state index < -0.39 is 0 Å². The Balaban J connectivity index is 1.83. The normalized spacial score (nSPS) is 11.2. The molecule has 0 aliphatic rings. The molecule has 28 heavy (non-hydrogen) atoms. The molecule has 2 N–H and O–H groups in total. The number of phenolic OH excluding ortho intramolecular Hbond substituents is 1. The third-order valence-corrected chi connectivity index (χ3v) is 5.10. The summed E-state index contributed by atoms with van der Waals surface area (Å²) in [5.41, 5.74) is 0.599. The Bertz CT molecular complexity index is 522. The Morgan fingerprint density at radius 1 is 0.786 bits per heavy atom. The number of rotatable bonds is 17. The Kier molecular flexibility index (Phi) is 15.0. The molecule has 158 valence electrons. The van der Waals surface area contributed by atoms with Crippen LogP contribution in [0.25, 0.3) is 0 Å². The van der Waals surface area contributed by atoms with Crippen molar-refractivity contribution in [3.8, 4) is 5.75 Å². The molecule has 1 amide bonds. The largest absolute Gasteiger partial charge is 0.508 e. The molecule has 3 heteroatoms. The van der Waals surface area contributed by atoms with E-state index in [1.807, 2.05) is 0 Å². The minimum atomic E-state index is -0.0623. The van der Waals surface area contributed by atoms with Crippen molar-refractivity contribution in [2.75, 3.05) is 6.54 Å². The molecule has 3 nitrogen and oxygen atoms in total. The van der Waals surface area contributed by atoms with Crippen LogP contribution in [0.4, 0.5) is 0 Å². The molecule has 0 saturated carbocycles. The van der Waals surface area contributed by atoms with Crippen molar-refractivity contribution < 1.29 is 9.90 Å². The zero-order valence-corrected chi connectivity index (χ0v) is 17.9. The topological polar surface area (TPSA) is 49.3 Å². The van der Waals surface area contributed by atoms with Gasteiger partial charge in [-0.25, -0.2) is 0 Å². The zero-order chi connectivity index (χ0) is 20.3. The standard InChI is InChI=1S/C25H41NO2/c1-2-3-4-5-6-7-8-9-10-11-12-13-14-15-16-17-22-26-25(28)23-18-20-24(27)21-19-23/h9-10,18-21,27H,2-8,11-17,22H2,1H3,(H,26,28). The van der Waals surface area contributed by atoms with E-state index >= 15 is 0 Å². The summed E-state index contributed by atoms with van der Waals surface area (Å²) in [6.07, 6.45) is 22.8. The van der Waals surface area contributed by atoms with Crippen molar-refractivity contribution in [1.82, 2.24) is 5.32 Å². The smallest absolute Gasteiger partial charge is 0.251 e. The van der Waals surface area contributed by atoms with Crippen LogP contribution in [0.5, 0.6) is 5.75 Å². The van der Waals surface area contributed by atoms with E-state index in [0.29, 0.717) is 5.56 Å². The van der Waals surface area contributed by atoms with E-state index in [0.717, 1.165) is 13.0 Å². The van der Waals surface area contributed by atoms with Gasteiger partial charge in [-0.3, -0.25) is 4.79 Å². The second kappa shape index (κ2) is 17.3. The Morgan fingerprint density at radius 2 is 1.29 bits per heavy atom. The number of phenols is 1. The lowest BCUT2D eigenvalue weighted by Gasteiger charge is -2.05. The summed E-state index contributed by atoms with van der Waals surface area (Å²) in [5, 5.41) is 12.2. The predicted molar refractivity (Wildman–Crippen MR) is 120 cm³/mol. The van der Waals surface area contributed by atoms with Gasteiger partial charge in [-0.1, -0.05) is 76.9 Å². The van der Waals surface area contributed by atoms with Crippen molar-refractivity contribution >= 4 is 5.91 Å². The van der Waals surface area contributed by atoms with E-state index in [9.17, 15) is 9.90 Å². The molecule has 0 bridgehead atoms. The summed E-state index contributed by atoms with van der Waals surface area (Å²) < 4.78 is 0. The molecule has 0 aliphatic heterocycles. The van der Waals surface area contributed by atoms with Crippen LogP contribution in [0.1, 0.15) is 107 Å². The number of unbranched alkanes of at least 4 members (excludes halogenated alkanes) is 12. The maximum atomic E-state index is 11.9. The van der Waals surface area contributed by atoms with Crippen molar-refractivity contribution in [2.45, 2.75) is 96.8 Å². The van der Waals surface area contributed by atoms with Crippen molar-refractivity contribution in [2.24, 2.45) is 0 Å². The first kappa shape index (κ1) is 24.3.